The van der Waals surface area contributed by atoms with Crippen molar-refractivity contribution in [2.45, 2.75) is 37.3 Å². The number of nitrogens with one attached hydrogen (secondary N) is 2. The smallest absolute Gasteiger partial charge is 0.250 e. The largest absolute Gasteiger partial charge is 0.385 e. The Bertz CT molecular complexity index is 692. The highest BCUT2D eigenvalue weighted by atomic mass is 16.5. The molecule has 1 aromatic rings. The predicted octanol–water partition coefficient (Wildman–Crippen LogP) is 1.47. The van der Waals surface area contributed by atoms with Crippen molar-refractivity contribution < 1.29 is 14.3 Å². The number of carbonyl (C=O) groups is 2. The van der Waals surface area contributed by atoms with Gasteiger partial charge in [-0.25, -0.2) is 0 Å². The summed E-state index contributed by atoms with van der Waals surface area (Å²) in [6.45, 7) is 2.07. The van der Waals surface area contributed by atoms with Gasteiger partial charge >= 0.3 is 0 Å². The Morgan fingerprint density at radius 2 is 2.28 bits per heavy atom. The first-order chi connectivity index (χ1) is 12.2. The van der Waals surface area contributed by atoms with Gasteiger partial charge in [-0.15, -0.1) is 0 Å². The van der Waals surface area contributed by atoms with Gasteiger partial charge in [0, 0.05) is 37.6 Å². The molecule has 25 heavy (non-hydrogen) atoms. The van der Waals surface area contributed by atoms with Crippen LogP contribution in [0, 0.1) is 5.92 Å². The summed E-state index contributed by atoms with van der Waals surface area (Å²) in [5.41, 5.74) is 0.960. The van der Waals surface area contributed by atoms with Crippen LogP contribution in [0.4, 0.5) is 5.69 Å². The quantitative estimate of drug-likeness (QED) is 0.795. The van der Waals surface area contributed by atoms with E-state index in [1.807, 2.05) is 24.3 Å². The monoisotopic (exact) mass is 343 g/mol. The maximum atomic E-state index is 13.1. The second-order valence-electron chi connectivity index (χ2n) is 7.18. The lowest BCUT2D eigenvalue weighted by molar-refractivity contribution is -0.137. The van der Waals surface area contributed by atoms with Crippen molar-refractivity contribution in [3.63, 3.8) is 0 Å². The van der Waals surface area contributed by atoms with Gasteiger partial charge in [0.05, 0.1) is 5.92 Å². The van der Waals surface area contributed by atoms with Crippen molar-refractivity contribution in [3.05, 3.63) is 29.8 Å². The van der Waals surface area contributed by atoms with Gasteiger partial charge in [0.1, 0.15) is 5.54 Å². The van der Waals surface area contributed by atoms with Crippen LogP contribution in [0.3, 0.4) is 0 Å². The van der Waals surface area contributed by atoms with Crippen LogP contribution in [0.2, 0.25) is 0 Å². The number of hydrogen-bond acceptors (Lipinski definition) is 4. The number of para-hydroxylation sites is 1. The molecule has 0 radical (unpaired) electrons. The minimum atomic E-state index is -0.844. The maximum absolute atomic E-state index is 13.1. The van der Waals surface area contributed by atoms with Gasteiger partial charge in [-0.1, -0.05) is 18.2 Å². The first-order valence-corrected chi connectivity index (χ1v) is 9.14. The molecule has 6 heteroatoms. The second kappa shape index (κ2) is 6.42. The molecule has 0 aromatic heterocycles. The highest BCUT2D eigenvalue weighted by Gasteiger charge is 2.65. The molecule has 2 fully saturated rings. The first-order valence-electron chi connectivity index (χ1n) is 9.14. The molecular weight excluding hydrogens is 318 g/mol. The lowest BCUT2D eigenvalue weighted by Crippen LogP contribution is -2.54. The van der Waals surface area contributed by atoms with Crippen LogP contribution >= 0.6 is 0 Å². The molecule has 2 N–H and O–H groups in total. The minimum Gasteiger partial charge on any atom is -0.385 e. The predicted molar refractivity (Wildman–Crippen MR) is 94.1 cm³/mol. The van der Waals surface area contributed by atoms with Gasteiger partial charge in [0.15, 0.2) is 0 Å². The van der Waals surface area contributed by atoms with Gasteiger partial charge in [0.25, 0.3) is 0 Å². The fourth-order valence-electron chi connectivity index (χ4n) is 4.93. The molecule has 3 atom stereocenters. The third-order valence-electron chi connectivity index (χ3n) is 5.92. The van der Waals surface area contributed by atoms with E-state index in [1.165, 1.54) is 0 Å². The van der Waals surface area contributed by atoms with Crippen molar-refractivity contribution in [3.8, 4) is 0 Å². The van der Waals surface area contributed by atoms with E-state index in [2.05, 4.69) is 15.5 Å². The molecule has 0 aliphatic carbocycles. The topological polar surface area (TPSA) is 70.7 Å². The molecule has 2 saturated heterocycles. The number of hydrogen-bond donors (Lipinski definition) is 2. The Morgan fingerprint density at radius 3 is 3.12 bits per heavy atom. The van der Waals surface area contributed by atoms with Crippen LogP contribution < -0.4 is 10.6 Å². The second-order valence-corrected chi connectivity index (χ2v) is 7.18. The Balaban J connectivity index is 1.67. The van der Waals surface area contributed by atoms with Crippen LogP contribution in [0.1, 0.15) is 31.2 Å². The lowest BCUT2D eigenvalue weighted by atomic mass is 9.78. The SMILES string of the molecule is COCCCNC(=O)[C@@H]1C[C@@H]2CCCN2[C@]12C(=O)Nc1ccccc12. The van der Waals surface area contributed by atoms with Gasteiger partial charge in [-0.05, 0) is 38.3 Å². The van der Waals surface area contributed by atoms with Crippen molar-refractivity contribution in [1.82, 2.24) is 10.2 Å². The van der Waals surface area contributed by atoms with E-state index in [0.29, 0.717) is 19.2 Å². The van der Waals surface area contributed by atoms with Crippen molar-refractivity contribution in [2.75, 3.05) is 32.1 Å². The van der Waals surface area contributed by atoms with Crippen molar-refractivity contribution in [2.24, 2.45) is 5.92 Å². The summed E-state index contributed by atoms with van der Waals surface area (Å²) in [6, 6.07) is 8.12. The number of carbonyl (C=O) groups excluding carboxylic acids is 2. The van der Waals surface area contributed by atoms with Gasteiger partial charge < -0.3 is 15.4 Å². The normalized spacial score (nSPS) is 30.4. The third-order valence-corrected chi connectivity index (χ3v) is 5.92. The molecular formula is C19H25N3O3. The summed E-state index contributed by atoms with van der Waals surface area (Å²) >= 11 is 0. The number of anilines is 1. The summed E-state index contributed by atoms with van der Waals surface area (Å²) in [4.78, 5) is 28.4. The van der Waals surface area contributed by atoms with Gasteiger partial charge in [-0.3, -0.25) is 14.5 Å². The number of amides is 2. The van der Waals surface area contributed by atoms with Crippen LogP contribution in [0.5, 0.6) is 0 Å². The molecule has 3 heterocycles. The average molecular weight is 343 g/mol. The van der Waals surface area contributed by atoms with E-state index in [4.69, 9.17) is 4.74 Å². The van der Waals surface area contributed by atoms with E-state index >= 15 is 0 Å². The highest BCUT2D eigenvalue weighted by molar-refractivity contribution is 6.09. The summed E-state index contributed by atoms with van der Waals surface area (Å²) in [7, 11) is 1.65. The van der Waals surface area contributed by atoms with Crippen molar-refractivity contribution >= 4 is 17.5 Å². The zero-order chi connectivity index (χ0) is 17.4. The summed E-state index contributed by atoms with van der Waals surface area (Å²) in [5, 5.41) is 6.05. The number of fused-ring (bicyclic) bond motifs is 4. The standard InChI is InChI=1S/C19H25N3O3/c1-25-11-5-9-20-17(23)15-12-13-6-4-10-22(13)19(15)14-7-2-3-8-16(14)21-18(19)24/h2-3,7-8,13,15H,4-6,9-12H2,1H3,(H,20,23)(H,21,24)/t13-,15-,19-/m0/s1. The Kier molecular flexibility index (Phi) is 4.25. The van der Waals surface area contributed by atoms with Crippen LogP contribution in [-0.4, -0.2) is 49.6 Å². The molecule has 0 bridgehead atoms. The molecule has 0 unspecified atom stereocenters. The molecule has 1 aromatic carbocycles. The zero-order valence-corrected chi connectivity index (χ0v) is 14.6. The van der Waals surface area contributed by atoms with Crippen LogP contribution in [0.15, 0.2) is 24.3 Å². The third kappa shape index (κ3) is 2.39. The average Bonchev–Trinajstić information content (AvgIpc) is 3.26. The van der Waals surface area contributed by atoms with Gasteiger partial charge in [0.2, 0.25) is 11.8 Å². The molecule has 6 nitrogen and oxygen atoms in total. The molecule has 1 spiro atoms. The van der Waals surface area contributed by atoms with Crippen molar-refractivity contribution in [1.29, 1.82) is 0 Å². The molecule has 4 rings (SSSR count). The Morgan fingerprint density at radius 1 is 1.44 bits per heavy atom. The fourth-order valence-corrected chi connectivity index (χ4v) is 4.93. The van der Waals surface area contributed by atoms with Gasteiger partial charge in [-0.2, -0.15) is 0 Å². The van der Waals surface area contributed by atoms with E-state index in [9.17, 15) is 9.59 Å². The summed E-state index contributed by atoms with van der Waals surface area (Å²) in [6.07, 6.45) is 3.67. The maximum Gasteiger partial charge on any atom is 0.250 e. The number of ether oxygens (including phenoxy) is 1. The van der Waals surface area contributed by atoms with Crippen LogP contribution in [-0.2, 0) is 19.9 Å². The molecule has 134 valence electrons. The fraction of sp³-hybridized carbons (Fsp3) is 0.579. The minimum absolute atomic E-state index is 0.0163. The van der Waals surface area contributed by atoms with E-state index in [-0.39, 0.29) is 17.7 Å². The van der Waals surface area contributed by atoms with E-state index in [0.717, 1.165) is 43.5 Å². The molecule has 0 saturated carbocycles. The Hall–Kier alpha value is -1.92. The number of nitrogens with zero attached hydrogens (tertiary/aromatic N) is 1. The van der Waals surface area contributed by atoms with E-state index < -0.39 is 5.54 Å². The Labute approximate surface area is 147 Å². The summed E-state index contributed by atoms with van der Waals surface area (Å²) in [5.74, 6) is -0.406. The molecule has 3 aliphatic heterocycles. The number of benzene rings is 1. The molecule has 3 aliphatic rings. The zero-order valence-electron chi connectivity index (χ0n) is 14.6. The van der Waals surface area contributed by atoms with Crippen LogP contribution in [0.25, 0.3) is 0 Å². The lowest BCUT2D eigenvalue weighted by Gasteiger charge is -2.36. The summed E-state index contributed by atoms with van der Waals surface area (Å²) < 4.78 is 5.04. The number of methoxy groups -OCH3 is 1. The number of rotatable bonds is 5. The molecule has 2 amide bonds. The van der Waals surface area contributed by atoms with E-state index in [1.54, 1.807) is 7.11 Å². The first kappa shape index (κ1) is 16.5. The highest BCUT2D eigenvalue weighted by Crippen LogP contribution is 2.55.